The van der Waals surface area contributed by atoms with E-state index in [0.29, 0.717) is 0 Å². The molecule has 142 valence electrons. The van der Waals surface area contributed by atoms with Crippen LogP contribution in [0.3, 0.4) is 0 Å². The molecule has 7 heteroatoms. The average molecular weight is 425 g/mol. The van der Waals surface area contributed by atoms with Crippen molar-refractivity contribution in [3.63, 3.8) is 0 Å². The van der Waals surface area contributed by atoms with E-state index >= 15 is 0 Å². The molecule has 0 amide bonds. The molecule has 1 unspecified atom stereocenters. The molecule has 3 rings (SSSR count). The molecule has 28 heavy (non-hydrogen) atoms. The first kappa shape index (κ1) is 24.9. The molecule has 0 fully saturated rings. The summed E-state index contributed by atoms with van der Waals surface area (Å²) >= 11 is 4.90. The van der Waals surface area contributed by atoms with Gasteiger partial charge in [0.15, 0.2) is 0 Å². The van der Waals surface area contributed by atoms with Gasteiger partial charge in [-0.1, -0.05) is 78.4 Å². The number of sulfonamides is 1. The molecule has 3 aromatic rings. The molecule has 0 saturated carbocycles. The van der Waals surface area contributed by atoms with Gasteiger partial charge in [0.05, 0.1) is 0 Å². The van der Waals surface area contributed by atoms with Gasteiger partial charge in [0.1, 0.15) is 10.0 Å². The summed E-state index contributed by atoms with van der Waals surface area (Å²) in [5, 5.41) is 0. The van der Waals surface area contributed by atoms with Crippen LogP contribution in [0.25, 0.3) is 4.24 Å². The van der Waals surface area contributed by atoms with E-state index in [1.54, 1.807) is 12.1 Å². The molecular weight excluding hydrogens is 403 g/mol. The zero-order chi connectivity index (χ0) is 19.7. The van der Waals surface area contributed by atoms with E-state index in [2.05, 4.69) is 28.5 Å². The summed E-state index contributed by atoms with van der Waals surface area (Å²) in [6.07, 6.45) is 0.894. The topological polar surface area (TPSA) is 74.3 Å². The summed E-state index contributed by atoms with van der Waals surface area (Å²) in [4.78, 5) is 0.114. The normalized spacial score (nSPS) is 11.5. The number of hydrogen-bond donors (Lipinski definition) is 1. The molecular formula is C21H22ClN2NaO2S. The second-order valence-corrected chi connectivity index (χ2v) is 8.04. The smallest absolute Gasteiger partial charge is 0.458 e. The third-order valence-electron chi connectivity index (χ3n) is 3.94. The van der Waals surface area contributed by atoms with Crippen molar-refractivity contribution >= 4 is 21.8 Å². The van der Waals surface area contributed by atoms with Crippen molar-refractivity contribution in [2.45, 2.75) is 24.3 Å². The third kappa shape index (κ3) is 8.05. The van der Waals surface area contributed by atoms with Gasteiger partial charge in [0, 0.05) is 10.9 Å². The zero-order valence-electron chi connectivity index (χ0n) is 16.0. The fraction of sp³-hybridized carbons (Fsp3) is 0.143. The maximum atomic E-state index is 11.0. The van der Waals surface area contributed by atoms with Crippen molar-refractivity contribution in [3.8, 4) is 0 Å². The van der Waals surface area contributed by atoms with Gasteiger partial charge in [-0.25, -0.2) is 8.42 Å². The van der Waals surface area contributed by atoms with E-state index < -0.39 is 10.0 Å². The van der Waals surface area contributed by atoms with E-state index in [9.17, 15) is 8.42 Å². The third-order valence-corrected chi connectivity index (χ3v) is 5.53. The molecule has 4 nitrogen and oxygen atoms in total. The molecule has 0 aromatic heterocycles. The van der Waals surface area contributed by atoms with Crippen LogP contribution in [-0.4, -0.2) is 8.42 Å². The number of benzene rings is 3. The number of hydrogen-bond acceptors (Lipinski definition) is 3. The quantitative estimate of drug-likeness (QED) is 0.638. The van der Waals surface area contributed by atoms with Crippen LogP contribution in [0.15, 0.2) is 89.8 Å². The fourth-order valence-corrected chi connectivity index (χ4v) is 3.23. The van der Waals surface area contributed by atoms with Crippen molar-refractivity contribution in [2.75, 3.05) is 0 Å². The Labute approximate surface area is 194 Å². The minimum atomic E-state index is -3.62. The molecule has 1 atom stereocenters. The molecule has 0 saturated heterocycles. The average Bonchev–Trinajstić information content (AvgIpc) is 2.70. The zero-order valence-corrected chi connectivity index (χ0v) is 19.6. The summed E-state index contributed by atoms with van der Waals surface area (Å²) in [5.74, 6) is 0. The van der Waals surface area contributed by atoms with Crippen LogP contribution in [0.1, 0.15) is 22.7 Å². The molecule has 0 aliphatic heterocycles. The van der Waals surface area contributed by atoms with Crippen molar-refractivity contribution in [3.05, 3.63) is 106 Å². The number of nitrogens with zero attached hydrogens (tertiary/aromatic N) is 1. The summed E-state index contributed by atoms with van der Waals surface area (Å²) in [7, 11) is -3.62. The van der Waals surface area contributed by atoms with Crippen molar-refractivity contribution in [2.24, 2.45) is 5.73 Å². The first-order valence-electron chi connectivity index (χ1n) is 8.42. The van der Waals surface area contributed by atoms with Gasteiger partial charge in [-0.2, -0.15) is 0 Å². The van der Waals surface area contributed by atoms with Gasteiger partial charge in [-0.3, -0.25) is 11.8 Å². The fourth-order valence-electron chi connectivity index (χ4n) is 2.44. The SMILES string of the molecule is Cc1ccc(S(=O)(=O)[N-]Cl)cc1.NC(Cc1ccccc1)c1ccccc1.[Na+]. The number of rotatable bonds is 5. The van der Waals surface area contributed by atoms with Crippen LogP contribution in [0.5, 0.6) is 0 Å². The van der Waals surface area contributed by atoms with Gasteiger partial charge in [0.25, 0.3) is 0 Å². The largest absolute Gasteiger partial charge is 1.00 e. The first-order valence-corrected chi connectivity index (χ1v) is 10.2. The number of halogens is 1. The predicted octanol–water partition coefficient (Wildman–Crippen LogP) is 2.14. The van der Waals surface area contributed by atoms with Gasteiger partial charge >= 0.3 is 29.6 Å². The molecule has 2 N–H and O–H groups in total. The van der Waals surface area contributed by atoms with Crippen molar-refractivity contribution in [1.82, 2.24) is 0 Å². The number of nitrogens with two attached hydrogens (primary N) is 1. The predicted molar refractivity (Wildman–Crippen MR) is 111 cm³/mol. The van der Waals surface area contributed by atoms with Crippen LogP contribution in [0.4, 0.5) is 0 Å². The maximum absolute atomic E-state index is 11.0. The van der Waals surface area contributed by atoms with Crippen LogP contribution >= 0.6 is 11.8 Å². The number of aryl methyl sites for hydroxylation is 1. The Bertz CT molecular complexity index is 922. The van der Waals surface area contributed by atoms with E-state index in [1.165, 1.54) is 23.3 Å². The Morgan fingerprint density at radius 1 is 0.893 bits per heavy atom. The van der Waals surface area contributed by atoms with E-state index in [-0.39, 0.29) is 40.5 Å². The van der Waals surface area contributed by atoms with Crippen LogP contribution in [-0.2, 0) is 16.4 Å². The molecule has 0 radical (unpaired) electrons. The van der Waals surface area contributed by atoms with Crippen LogP contribution in [0, 0.1) is 6.92 Å². The van der Waals surface area contributed by atoms with Gasteiger partial charge < -0.3 is 9.97 Å². The molecule has 0 heterocycles. The van der Waals surface area contributed by atoms with E-state index in [0.717, 1.165) is 12.0 Å². The maximum Gasteiger partial charge on any atom is 1.00 e. The molecule has 3 aromatic carbocycles. The van der Waals surface area contributed by atoms with Crippen LogP contribution in [0.2, 0.25) is 0 Å². The van der Waals surface area contributed by atoms with E-state index in [1.807, 2.05) is 43.3 Å². The summed E-state index contributed by atoms with van der Waals surface area (Å²) in [6, 6.07) is 27.0. The molecule has 0 bridgehead atoms. The Balaban J connectivity index is 0.000000277. The summed E-state index contributed by atoms with van der Waals surface area (Å²) < 4.78 is 24.8. The Kier molecular flexibility index (Phi) is 11.0. The Morgan fingerprint density at radius 2 is 1.39 bits per heavy atom. The van der Waals surface area contributed by atoms with Gasteiger partial charge in [-0.15, -0.1) is 0 Å². The molecule has 0 aliphatic carbocycles. The van der Waals surface area contributed by atoms with Crippen molar-refractivity contribution < 1.29 is 38.0 Å². The first-order chi connectivity index (χ1) is 12.9. The molecule has 0 aliphatic rings. The van der Waals surface area contributed by atoms with E-state index in [4.69, 9.17) is 17.5 Å². The monoisotopic (exact) mass is 424 g/mol. The Hall–Kier alpha value is -1.18. The minimum absolute atomic E-state index is 0. The second kappa shape index (κ2) is 12.4. The second-order valence-electron chi connectivity index (χ2n) is 6.06. The Morgan fingerprint density at radius 3 is 1.89 bits per heavy atom. The minimum Gasteiger partial charge on any atom is -0.458 e. The van der Waals surface area contributed by atoms with Crippen molar-refractivity contribution in [1.29, 1.82) is 0 Å². The van der Waals surface area contributed by atoms with Gasteiger partial charge in [-0.05, 0) is 36.6 Å². The summed E-state index contributed by atoms with van der Waals surface area (Å²) in [6.45, 7) is 1.87. The van der Waals surface area contributed by atoms with Gasteiger partial charge in [0.2, 0.25) is 0 Å². The van der Waals surface area contributed by atoms with Crippen LogP contribution < -0.4 is 35.3 Å². The standard InChI is InChI=1S/C14H15N.C7H7ClNO2S.Na/c15-14(13-9-5-2-6-10-13)11-12-7-3-1-4-8-12;1-6-2-4-7(5-3-6)12(10,11)9-8;/h1-10,14H,11,15H2;2-5H,1H3;/q;-1;+1. The summed E-state index contributed by atoms with van der Waals surface area (Å²) in [5.41, 5.74) is 9.60. The molecule has 0 spiro atoms.